The van der Waals surface area contributed by atoms with Gasteiger partial charge in [0.2, 0.25) is 23.6 Å². The second-order valence-corrected chi connectivity index (χ2v) is 12.8. The van der Waals surface area contributed by atoms with Crippen LogP contribution in [0, 0.1) is 5.92 Å². The Morgan fingerprint density at radius 3 is 1.53 bits per heavy atom. The first-order chi connectivity index (χ1) is 23.4. The van der Waals surface area contributed by atoms with Crippen LogP contribution in [-0.2, 0) is 36.8 Å². The molecule has 0 saturated heterocycles. The maximum Gasteiger partial charge on any atom is 0.326 e. The van der Waals surface area contributed by atoms with E-state index < -0.39 is 59.8 Å². The zero-order valence-corrected chi connectivity index (χ0v) is 28.7. The highest BCUT2D eigenvalue weighted by Gasteiger charge is 2.32. The lowest BCUT2D eigenvalue weighted by Gasteiger charge is -2.27. The highest BCUT2D eigenvalue weighted by molar-refractivity contribution is 5.95. The van der Waals surface area contributed by atoms with Gasteiger partial charge in [-0.25, -0.2) is 4.79 Å². The molecule has 0 saturated carbocycles. The van der Waals surface area contributed by atoms with Crippen molar-refractivity contribution >= 4 is 29.6 Å². The van der Waals surface area contributed by atoms with E-state index in [0.29, 0.717) is 38.8 Å². The lowest BCUT2D eigenvalue weighted by atomic mass is 9.99. The van der Waals surface area contributed by atoms with Gasteiger partial charge in [-0.1, -0.05) is 74.5 Å². The molecule has 0 radical (unpaired) electrons. The summed E-state index contributed by atoms with van der Waals surface area (Å²) in [6.07, 6.45) is 3.30. The molecule has 11 N–H and O–H groups in total. The summed E-state index contributed by atoms with van der Waals surface area (Å²) in [4.78, 5) is 66.0. The van der Waals surface area contributed by atoms with Gasteiger partial charge in [0, 0.05) is 6.42 Å². The van der Waals surface area contributed by atoms with E-state index in [9.17, 15) is 29.1 Å². The van der Waals surface area contributed by atoms with Crippen molar-refractivity contribution in [2.75, 3.05) is 13.1 Å². The van der Waals surface area contributed by atoms with Gasteiger partial charge in [-0.05, 0) is 81.5 Å². The van der Waals surface area contributed by atoms with Crippen LogP contribution in [0.5, 0.6) is 0 Å². The number of carboxylic acid groups (broad SMARTS) is 1. The van der Waals surface area contributed by atoms with Crippen LogP contribution in [0.1, 0.15) is 69.9 Å². The van der Waals surface area contributed by atoms with Gasteiger partial charge >= 0.3 is 5.97 Å². The maximum atomic E-state index is 13.8. The maximum absolute atomic E-state index is 13.8. The number of aliphatic carboxylic acids is 1. The standard InChI is InChI=1S/C36H55N7O6/c1-24(2)21-30(34(46)40-28(17-9-11-19-37)33(45)41-29(36(48)49)18-10-12-20-38)43-35(47)31(23-26-15-7-4-8-16-26)42-32(44)27(39)22-25-13-5-3-6-14-25/h3-8,13-16,24,27-31H,9-12,17-23,37-39H2,1-2H3,(H,40,46)(H,41,45)(H,42,44)(H,43,47)(H,48,49)/t27-,28-,29-,30-,31-/m1/s1. The van der Waals surface area contributed by atoms with Gasteiger partial charge in [-0.15, -0.1) is 0 Å². The molecule has 0 aromatic heterocycles. The molecule has 49 heavy (non-hydrogen) atoms. The third-order valence-corrected chi connectivity index (χ3v) is 8.03. The van der Waals surface area contributed by atoms with Crippen LogP contribution in [0.15, 0.2) is 60.7 Å². The van der Waals surface area contributed by atoms with E-state index in [1.165, 1.54) is 0 Å². The minimum Gasteiger partial charge on any atom is -0.480 e. The van der Waals surface area contributed by atoms with E-state index in [-0.39, 0.29) is 38.0 Å². The van der Waals surface area contributed by atoms with Gasteiger partial charge in [0.1, 0.15) is 24.2 Å². The van der Waals surface area contributed by atoms with Crippen LogP contribution >= 0.6 is 0 Å². The molecule has 2 rings (SSSR count). The second-order valence-electron chi connectivity index (χ2n) is 12.8. The highest BCUT2D eigenvalue weighted by atomic mass is 16.4. The molecule has 0 spiro atoms. The van der Waals surface area contributed by atoms with Gasteiger partial charge in [-0.2, -0.15) is 0 Å². The molecule has 5 atom stereocenters. The summed E-state index contributed by atoms with van der Waals surface area (Å²) in [6.45, 7) is 4.57. The van der Waals surface area contributed by atoms with Crippen LogP contribution in [-0.4, -0.2) is 78.0 Å². The fraction of sp³-hybridized carbons (Fsp3) is 0.528. The van der Waals surface area contributed by atoms with Crippen LogP contribution in [0.2, 0.25) is 0 Å². The molecule has 270 valence electrons. The van der Waals surface area contributed by atoms with E-state index in [0.717, 1.165) is 11.1 Å². The Morgan fingerprint density at radius 1 is 0.592 bits per heavy atom. The number of unbranched alkanes of at least 4 members (excludes halogenated alkanes) is 2. The van der Waals surface area contributed by atoms with Crippen LogP contribution in [0.25, 0.3) is 0 Å². The molecule has 0 aliphatic carbocycles. The Hall–Kier alpha value is -4.33. The SMILES string of the molecule is CC(C)C[C@@H](NC(=O)[C@@H](Cc1ccccc1)NC(=O)[C@H](N)Cc1ccccc1)C(=O)N[C@H](CCCCN)C(=O)N[C@H](CCCCN)C(=O)O. The Bertz CT molecular complexity index is 1310. The normalized spacial score (nSPS) is 14.2. The first kappa shape index (κ1) is 40.8. The van der Waals surface area contributed by atoms with Gasteiger partial charge in [0.05, 0.1) is 6.04 Å². The predicted octanol–water partition coefficient (Wildman–Crippen LogP) is 1.13. The first-order valence-corrected chi connectivity index (χ1v) is 17.1. The van der Waals surface area contributed by atoms with Gasteiger partial charge in [0.15, 0.2) is 0 Å². The fourth-order valence-corrected chi connectivity index (χ4v) is 5.33. The summed E-state index contributed by atoms with van der Waals surface area (Å²) in [7, 11) is 0. The summed E-state index contributed by atoms with van der Waals surface area (Å²) in [6, 6.07) is 13.2. The molecule has 0 bridgehead atoms. The van der Waals surface area contributed by atoms with Gasteiger partial charge in [0.25, 0.3) is 0 Å². The Labute approximate surface area is 289 Å². The Morgan fingerprint density at radius 2 is 1.02 bits per heavy atom. The highest BCUT2D eigenvalue weighted by Crippen LogP contribution is 2.11. The van der Waals surface area contributed by atoms with E-state index in [4.69, 9.17) is 17.2 Å². The molecule has 2 aromatic carbocycles. The van der Waals surface area contributed by atoms with E-state index in [1.807, 2.05) is 74.5 Å². The van der Waals surface area contributed by atoms with Crippen molar-refractivity contribution in [2.24, 2.45) is 23.1 Å². The van der Waals surface area contributed by atoms with Crippen LogP contribution in [0.3, 0.4) is 0 Å². The Balaban J connectivity index is 2.25. The average molecular weight is 682 g/mol. The number of amides is 4. The fourth-order valence-electron chi connectivity index (χ4n) is 5.33. The number of benzene rings is 2. The zero-order valence-electron chi connectivity index (χ0n) is 28.7. The molecule has 2 aromatic rings. The third kappa shape index (κ3) is 15.6. The topological polar surface area (TPSA) is 232 Å². The molecule has 0 unspecified atom stereocenters. The summed E-state index contributed by atoms with van der Waals surface area (Å²) < 4.78 is 0. The quantitative estimate of drug-likeness (QED) is 0.0785. The lowest BCUT2D eigenvalue weighted by molar-refractivity contribution is -0.142. The third-order valence-electron chi connectivity index (χ3n) is 8.03. The van der Waals surface area contributed by atoms with Crippen molar-refractivity contribution in [1.82, 2.24) is 21.3 Å². The summed E-state index contributed by atoms with van der Waals surface area (Å²) >= 11 is 0. The molecule has 0 aliphatic heterocycles. The number of carbonyl (C=O) groups excluding carboxylic acids is 4. The van der Waals surface area contributed by atoms with Crippen molar-refractivity contribution in [1.29, 1.82) is 0 Å². The van der Waals surface area contributed by atoms with E-state index >= 15 is 0 Å². The number of hydrogen-bond donors (Lipinski definition) is 8. The Kier molecular flexibility index (Phi) is 18.6. The molecule has 0 heterocycles. The predicted molar refractivity (Wildman–Crippen MR) is 189 cm³/mol. The number of carboxylic acids is 1. The van der Waals surface area contributed by atoms with Crippen molar-refractivity contribution in [3.8, 4) is 0 Å². The molecule has 13 nitrogen and oxygen atoms in total. The van der Waals surface area contributed by atoms with E-state index in [1.54, 1.807) is 0 Å². The van der Waals surface area contributed by atoms with Crippen molar-refractivity contribution < 1.29 is 29.1 Å². The summed E-state index contributed by atoms with van der Waals surface area (Å²) in [5.74, 6) is -3.55. The van der Waals surface area contributed by atoms with Crippen molar-refractivity contribution in [2.45, 2.75) is 102 Å². The lowest BCUT2D eigenvalue weighted by Crippen LogP contribution is -2.59. The second kappa shape index (κ2) is 22.3. The van der Waals surface area contributed by atoms with Gasteiger partial charge < -0.3 is 43.6 Å². The van der Waals surface area contributed by atoms with Crippen molar-refractivity contribution in [3.63, 3.8) is 0 Å². The summed E-state index contributed by atoms with van der Waals surface area (Å²) in [5, 5.41) is 20.6. The monoisotopic (exact) mass is 681 g/mol. The van der Waals surface area contributed by atoms with Gasteiger partial charge in [-0.3, -0.25) is 19.2 Å². The summed E-state index contributed by atoms with van der Waals surface area (Å²) in [5.41, 5.74) is 19.1. The number of carbonyl (C=O) groups is 5. The zero-order chi connectivity index (χ0) is 36.2. The molecular weight excluding hydrogens is 626 g/mol. The van der Waals surface area contributed by atoms with E-state index in [2.05, 4.69) is 21.3 Å². The minimum atomic E-state index is -1.18. The minimum absolute atomic E-state index is 0.0269. The number of nitrogens with one attached hydrogen (secondary N) is 4. The van der Waals surface area contributed by atoms with Crippen molar-refractivity contribution in [3.05, 3.63) is 71.8 Å². The molecule has 0 aliphatic rings. The number of rotatable bonds is 23. The molecule has 0 fully saturated rings. The molecular formula is C36H55N7O6. The molecule has 4 amide bonds. The first-order valence-electron chi connectivity index (χ1n) is 17.1. The smallest absolute Gasteiger partial charge is 0.326 e. The average Bonchev–Trinajstić information content (AvgIpc) is 3.07. The largest absolute Gasteiger partial charge is 0.480 e. The van der Waals surface area contributed by atoms with Crippen LogP contribution in [0.4, 0.5) is 0 Å². The van der Waals surface area contributed by atoms with Crippen LogP contribution < -0.4 is 38.5 Å². The number of nitrogens with two attached hydrogens (primary N) is 3. The molecule has 13 heteroatoms. The number of hydrogen-bond acceptors (Lipinski definition) is 8.